The first-order chi connectivity index (χ1) is 17.7. The van der Waals surface area contributed by atoms with Crippen molar-refractivity contribution in [3.05, 3.63) is 28.8 Å². The molecule has 38 heavy (non-hydrogen) atoms. The van der Waals surface area contributed by atoms with Crippen LogP contribution in [0.5, 0.6) is 5.75 Å². The van der Waals surface area contributed by atoms with Crippen LogP contribution in [-0.2, 0) is 42.9 Å². The number of amides is 1. The van der Waals surface area contributed by atoms with E-state index in [1.54, 1.807) is 0 Å². The van der Waals surface area contributed by atoms with Crippen LogP contribution in [0.4, 0.5) is 17.6 Å². The topological polar surface area (TPSA) is 153 Å². The number of rotatable bonds is 8. The number of esters is 4. The maximum Gasteiger partial charge on any atom is 0.305 e. The molecule has 1 heterocycles. The number of methoxy groups -OCH3 is 1. The van der Waals surface area contributed by atoms with Gasteiger partial charge < -0.3 is 33.7 Å². The molecule has 0 bridgehead atoms. The van der Waals surface area contributed by atoms with E-state index in [1.165, 1.54) is 0 Å². The van der Waals surface area contributed by atoms with Gasteiger partial charge in [0.15, 0.2) is 29.6 Å². The van der Waals surface area contributed by atoms with Gasteiger partial charge in [0.2, 0.25) is 17.9 Å². The minimum Gasteiger partial charge on any atom is -0.491 e. The summed E-state index contributed by atoms with van der Waals surface area (Å²) < 4.78 is 87.5. The summed E-state index contributed by atoms with van der Waals surface area (Å²) in [4.78, 5) is 59.6. The molecule has 0 spiro atoms. The van der Waals surface area contributed by atoms with Crippen LogP contribution in [0.3, 0.4) is 0 Å². The second-order valence-electron chi connectivity index (χ2n) is 7.77. The Balaban J connectivity index is 2.64. The molecule has 0 aromatic heterocycles. The smallest absolute Gasteiger partial charge is 0.305 e. The van der Waals surface area contributed by atoms with Crippen molar-refractivity contribution >= 4 is 29.8 Å². The van der Waals surface area contributed by atoms with Crippen molar-refractivity contribution in [3.8, 4) is 5.75 Å². The molecular weight excluding hydrogens is 530 g/mol. The second-order valence-corrected chi connectivity index (χ2v) is 7.77. The summed E-state index contributed by atoms with van der Waals surface area (Å²) in [6.45, 7) is 3.12. The Labute approximate surface area is 212 Å². The quantitative estimate of drug-likeness (QED) is 0.213. The molecule has 1 aliphatic rings. The molecule has 0 radical (unpaired) electrons. The van der Waals surface area contributed by atoms with Crippen molar-refractivity contribution in [3.63, 3.8) is 0 Å². The Kier molecular flexibility index (Phi) is 9.98. The molecule has 5 atom stereocenters. The van der Waals surface area contributed by atoms with Gasteiger partial charge in [-0.05, 0) is 0 Å². The highest BCUT2D eigenvalue weighted by atomic mass is 19.2. The summed E-state index contributed by atoms with van der Waals surface area (Å²) in [6, 6.07) is -1.83. The molecule has 1 fully saturated rings. The van der Waals surface area contributed by atoms with Gasteiger partial charge in [0.1, 0.15) is 24.3 Å². The third kappa shape index (κ3) is 6.87. The van der Waals surface area contributed by atoms with Crippen molar-refractivity contribution in [2.75, 3.05) is 13.7 Å². The Hall–Kier alpha value is -3.95. The zero-order valence-corrected chi connectivity index (χ0v) is 20.6. The summed E-state index contributed by atoms with van der Waals surface area (Å²) in [7, 11) is 0.730. The number of hydrogen-bond donors (Lipinski definition) is 1. The highest BCUT2D eigenvalue weighted by molar-refractivity contribution is 5.95. The Morgan fingerprint density at radius 1 is 0.763 bits per heavy atom. The van der Waals surface area contributed by atoms with Gasteiger partial charge in [-0.15, -0.1) is 0 Å². The van der Waals surface area contributed by atoms with Crippen LogP contribution in [0.25, 0.3) is 0 Å². The highest BCUT2D eigenvalue weighted by Crippen LogP contribution is 2.32. The molecule has 1 aliphatic heterocycles. The number of halogens is 4. The van der Waals surface area contributed by atoms with E-state index in [9.17, 15) is 41.5 Å². The molecule has 210 valence electrons. The molecule has 1 aromatic carbocycles. The average molecular weight is 553 g/mol. The van der Waals surface area contributed by atoms with Crippen molar-refractivity contribution in [2.24, 2.45) is 0 Å². The third-order valence-corrected chi connectivity index (χ3v) is 4.94. The van der Waals surface area contributed by atoms with E-state index in [0.717, 1.165) is 34.8 Å². The van der Waals surface area contributed by atoms with Crippen molar-refractivity contribution in [2.45, 2.75) is 58.3 Å². The van der Waals surface area contributed by atoms with Crippen LogP contribution in [0.1, 0.15) is 38.1 Å². The fourth-order valence-electron chi connectivity index (χ4n) is 3.55. The first-order valence-electron chi connectivity index (χ1n) is 10.7. The van der Waals surface area contributed by atoms with E-state index < -0.39 is 102 Å². The zero-order valence-electron chi connectivity index (χ0n) is 20.6. The van der Waals surface area contributed by atoms with E-state index in [2.05, 4.69) is 4.74 Å². The van der Waals surface area contributed by atoms with E-state index in [1.807, 2.05) is 5.32 Å². The molecule has 16 heteroatoms. The molecule has 1 N–H and O–H groups in total. The molecule has 1 amide bonds. The van der Waals surface area contributed by atoms with Crippen LogP contribution in [0.15, 0.2) is 0 Å². The maximum atomic E-state index is 14.6. The monoisotopic (exact) mass is 553 g/mol. The fraction of sp³-hybridized carbons (Fsp3) is 0.500. The largest absolute Gasteiger partial charge is 0.491 e. The van der Waals surface area contributed by atoms with Gasteiger partial charge in [0.05, 0.1) is 7.11 Å². The summed E-state index contributed by atoms with van der Waals surface area (Å²) >= 11 is 0. The van der Waals surface area contributed by atoms with Crippen LogP contribution in [0.2, 0.25) is 0 Å². The number of hydrogen-bond acceptors (Lipinski definition) is 11. The molecule has 1 aromatic rings. The minimum absolute atomic E-state index is 0.668. The molecular formula is C22H23F4NO11. The molecule has 2 rings (SSSR count). The van der Waals surface area contributed by atoms with Gasteiger partial charge in [0, 0.05) is 27.7 Å². The molecule has 0 saturated carbocycles. The van der Waals surface area contributed by atoms with Gasteiger partial charge in [-0.3, -0.25) is 24.0 Å². The lowest BCUT2D eigenvalue weighted by Crippen LogP contribution is -2.67. The first-order valence-corrected chi connectivity index (χ1v) is 10.7. The Bertz CT molecular complexity index is 1100. The van der Waals surface area contributed by atoms with Crippen LogP contribution < -0.4 is 10.1 Å². The second kappa shape index (κ2) is 12.5. The van der Waals surface area contributed by atoms with E-state index in [-0.39, 0.29) is 0 Å². The third-order valence-electron chi connectivity index (χ3n) is 4.94. The van der Waals surface area contributed by atoms with E-state index in [4.69, 9.17) is 23.7 Å². The lowest BCUT2D eigenvalue weighted by atomic mass is 9.94. The highest BCUT2D eigenvalue weighted by Gasteiger charge is 2.52. The predicted molar refractivity (Wildman–Crippen MR) is 112 cm³/mol. The molecule has 2 unspecified atom stereocenters. The van der Waals surface area contributed by atoms with Crippen molar-refractivity contribution in [1.29, 1.82) is 0 Å². The predicted octanol–water partition coefficient (Wildman–Crippen LogP) is 1.06. The summed E-state index contributed by atoms with van der Waals surface area (Å²) in [5.41, 5.74) is -1.74. The summed E-state index contributed by atoms with van der Waals surface area (Å²) in [5.74, 6) is -15.4. The van der Waals surface area contributed by atoms with E-state index in [0.29, 0.717) is 0 Å². The van der Waals surface area contributed by atoms with Gasteiger partial charge in [0.25, 0.3) is 5.91 Å². The van der Waals surface area contributed by atoms with Gasteiger partial charge in [-0.1, -0.05) is 0 Å². The number of nitrogens with one attached hydrogen (secondary N) is 1. The first kappa shape index (κ1) is 30.3. The number of carbonyl (C=O) groups is 5. The minimum atomic E-state index is -2.13. The van der Waals surface area contributed by atoms with Gasteiger partial charge in [-0.25, -0.2) is 8.78 Å². The summed E-state index contributed by atoms with van der Waals surface area (Å²) in [6.07, 6.45) is -6.90. The number of carbonyl (C=O) groups excluding carboxylic acids is 5. The molecule has 0 aliphatic carbocycles. The van der Waals surface area contributed by atoms with Crippen LogP contribution in [0, 0.1) is 23.3 Å². The lowest BCUT2D eigenvalue weighted by molar-refractivity contribution is -0.277. The van der Waals surface area contributed by atoms with E-state index >= 15 is 0 Å². The standard InChI is InChI=1S/C22H23F4NO11/c1-7(28)34-6-11-18(35-8(2)29)17(20(36-9(3)30)22(38-11)37-10(4)31)27-21(32)12-13(23)15(25)19(33-5)16(26)14(12)24/h11,17-18,20,22H,6H2,1-5H3,(H,27,32)/t11?,17?,18-,20-,22+/m0/s1. The van der Waals surface area contributed by atoms with Crippen LogP contribution >= 0.6 is 0 Å². The van der Waals surface area contributed by atoms with Crippen molar-refractivity contribution < 1.29 is 70.0 Å². The fourth-order valence-corrected chi connectivity index (χ4v) is 3.55. The number of benzene rings is 1. The molecule has 1 saturated heterocycles. The summed E-state index contributed by atoms with van der Waals surface area (Å²) in [5, 5.41) is 1.98. The normalized spacial score (nSPS) is 22.6. The average Bonchev–Trinajstić information content (AvgIpc) is 2.80. The Morgan fingerprint density at radius 3 is 1.71 bits per heavy atom. The van der Waals surface area contributed by atoms with Gasteiger partial charge in [-0.2, -0.15) is 8.78 Å². The number of ether oxygens (including phenoxy) is 6. The van der Waals surface area contributed by atoms with Gasteiger partial charge >= 0.3 is 23.9 Å². The SMILES string of the molecule is COc1c(F)c(F)c(C(=O)NC2[C@@H](OC(C)=O)C(COC(C)=O)O[C@@H](OC(C)=O)[C@H]2OC(C)=O)c(F)c1F. The maximum absolute atomic E-state index is 14.6. The van der Waals surface area contributed by atoms with Crippen LogP contribution in [-0.4, -0.2) is 74.1 Å². The van der Waals surface area contributed by atoms with Crippen molar-refractivity contribution in [1.82, 2.24) is 5.32 Å². The molecule has 12 nitrogen and oxygen atoms in total. The zero-order chi connectivity index (χ0) is 28.9. The Morgan fingerprint density at radius 2 is 1.26 bits per heavy atom. The lowest BCUT2D eigenvalue weighted by Gasteiger charge is -2.44.